The molecule has 338 valence electrons. The van der Waals surface area contributed by atoms with Crippen LogP contribution in [0.1, 0.15) is 232 Å². The van der Waals surface area contributed by atoms with Crippen LogP contribution in [0.15, 0.2) is 12.2 Å². The number of aliphatic hydroxyl groups excluding tert-OH is 2. The summed E-state index contributed by atoms with van der Waals surface area (Å²) in [6, 6.07) is 0. The summed E-state index contributed by atoms with van der Waals surface area (Å²) in [6.45, 7) is 2.37. The van der Waals surface area contributed by atoms with E-state index >= 15 is 0 Å². The van der Waals surface area contributed by atoms with E-state index in [2.05, 4.69) is 26.0 Å². The molecule has 0 spiro atoms. The van der Waals surface area contributed by atoms with Crippen molar-refractivity contribution in [1.29, 1.82) is 0 Å². The van der Waals surface area contributed by atoms with Crippen molar-refractivity contribution in [3.63, 3.8) is 0 Å². The van der Waals surface area contributed by atoms with Crippen molar-refractivity contribution < 1.29 is 47.8 Å². The molecule has 3 N–H and O–H groups in total. The van der Waals surface area contributed by atoms with Crippen molar-refractivity contribution in [1.82, 2.24) is 0 Å². The molecule has 0 bridgehead atoms. The Morgan fingerprint density at radius 2 is 0.877 bits per heavy atom. The molecule has 11 heteroatoms. The first-order chi connectivity index (χ1) is 27.7. The molecule has 0 aliphatic rings. The van der Waals surface area contributed by atoms with Gasteiger partial charge in [0.15, 0.2) is 6.10 Å². The third-order valence-corrected chi connectivity index (χ3v) is 11.4. The van der Waals surface area contributed by atoms with Crippen molar-refractivity contribution in [2.24, 2.45) is 0 Å². The lowest BCUT2D eigenvalue weighted by Gasteiger charge is -2.20. The van der Waals surface area contributed by atoms with Gasteiger partial charge in [-0.25, -0.2) is 4.57 Å². The minimum Gasteiger partial charge on any atom is -0.462 e. The number of ether oxygens (including phenoxy) is 2. The van der Waals surface area contributed by atoms with E-state index in [0.717, 1.165) is 57.8 Å². The summed E-state index contributed by atoms with van der Waals surface area (Å²) in [4.78, 5) is 35.0. The van der Waals surface area contributed by atoms with Gasteiger partial charge in [0.05, 0.1) is 19.8 Å². The number of phosphoric acid groups is 1. The van der Waals surface area contributed by atoms with Crippen LogP contribution in [-0.2, 0) is 32.7 Å². The molecule has 0 heterocycles. The fourth-order valence-corrected chi connectivity index (χ4v) is 7.53. The van der Waals surface area contributed by atoms with E-state index in [1.807, 2.05) is 0 Å². The van der Waals surface area contributed by atoms with Gasteiger partial charge in [-0.3, -0.25) is 18.6 Å². The number of carbonyl (C=O) groups is 2. The van der Waals surface area contributed by atoms with Crippen LogP contribution in [0.5, 0.6) is 0 Å². The third-order valence-electron chi connectivity index (χ3n) is 10.4. The van der Waals surface area contributed by atoms with Crippen LogP contribution >= 0.6 is 7.82 Å². The van der Waals surface area contributed by atoms with Gasteiger partial charge in [-0.2, -0.15) is 0 Å². The first-order valence-electron chi connectivity index (χ1n) is 23.6. The molecule has 10 nitrogen and oxygen atoms in total. The zero-order valence-corrected chi connectivity index (χ0v) is 37.7. The molecule has 0 aromatic carbocycles. The molecule has 0 rings (SSSR count). The number of rotatable bonds is 45. The highest BCUT2D eigenvalue weighted by molar-refractivity contribution is 7.47. The minimum atomic E-state index is -4.61. The summed E-state index contributed by atoms with van der Waals surface area (Å²) in [6.07, 6.45) is 41.9. The van der Waals surface area contributed by atoms with Gasteiger partial charge in [0.2, 0.25) is 0 Å². The molecular formula is C46H89O10P. The first kappa shape index (κ1) is 55.7. The molecule has 0 aliphatic carbocycles. The predicted molar refractivity (Wildman–Crippen MR) is 233 cm³/mol. The Bertz CT molecular complexity index is 961. The van der Waals surface area contributed by atoms with Gasteiger partial charge in [-0.1, -0.05) is 199 Å². The second kappa shape index (κ2) is 42.8. The number of hydrogen-bond acceptors (Lipinski definition) is 9. The van der Waals surface area contributed by atoms with Gasteiger partial charge in [0.1, 0.15) is 12.7 Å². The molecular weight excluding hydrogens is 743 g/mol. The fraction of sp³-hybridized carbons (Fsp3) is 0.913. The Hall–Kier alpha value is -1.29. The molecule has 0 aromatic heterocycles. The van der Waals surface area contributed by atoms with E-state index in [0.29, 0.717) is 12.8 Å². The highest BCUT2D eigenvalue weighted by Gasteiger charge is 2.27. The van der Waals surface area contributed by atoms with Crippen LogP contribution in [0, 0.1) is 0 Å². The molecule has 0 fully saturated rings. The highest BCUT2D eigenvalue weighted by atomic mass is 31.2. The van der Waals surface area contributed by atoms with E-state index in [1.54, 1.807) is 0 Å². The molecule has 57 heavy (non-hydrogen) atoms. The maximum absolute atomic E-state index is 12.6. The lowest BCUT2D eigenvalue weighted by Crippen LogP contribution is -2.29. The lowest BCUT2D eigenvalue weighted by atomic mass is 10.0. The summed E-state index contributed by atoms with van der Waals surface area (Å²) in [5.74, 6) is -0.924. The van der Waals surface area contributed by atoms with Crippen molar-refractivity contribution in [3.8, 4) is 0 Å². The van der Waals surface area contributed by atoms with Crippen LogP contribution in [0.25, 0.3) is 0 Å². The average molecular weight is 833 g/mol. The van der Waals surface area contributed by atoms with Crippen LogP contribution in [0.2, 0.25) is 0 Å². The number of carbonyl (C=O) groups excluding carboxylic acids is 2. The lowest BCUT2D eigenvalue weighted by molar-refractivity contribution is -0.161. The second-order valence-electron chi connectivity index (χ2n) is 16.1. The van der Waals surface area contributed by atoms with E-state index in [9.17, 15) is 24.2 Å². The van der Waals surface area contributed by atoms with Crippen molar-refractivity contribution in [3.05, 3.63) is 12.2 Å². The van der Waals surface area contributed by atoms with Gasteiger partial charge >= 0.3 is 19.8 Å². The maximum atomic E-state index is 12.6. The van der Waals surface area contributed by atoms with Crippen molar-refractivity contribution in [2.45, 2.75) is 244 Å². The van der Waals surface area contributed by atoms with Gasteiger partial charge < -0.3 is 24.6 Å². The van der Waals surface area contributed by atoms with E-state index in [-0.39, 0.29) is 19.4 Å². The topological polar surface area (TPSA) is 149 Å². The number of allylic oxidation sites excluding steroid dienone is 2. The monoisotopic (exact) mass is 833 g/mol. The van der Waals surface area contributed by atoms with Crippen LogP contribution < -0.4 is 0 Å². The highest BCUT2D eigenvalue weighted by Crippen LogP contribution is 2.43. The van der Waals surface area contributed by atoms with Crippen LogP contribution in [0.4, 0.5) is 0 Å². The van der Waals surface area contributed by atoms with Crippen molar-refractivity contribution in [2.75, 3.05) is 26.4 Å². The van der Waals surface area contributed by atoms with E-state index < -0.39 is 51.8 Å². The largest absolute Gasteiger partial charge is 0.472 e. The smallest absolute Gasteiger partial charge is 0.462 e. The van der Waals surface area contributed by atoms with E-state index in [4.69, 9.17) is 23.6 Å². The molecule has 0 amide bonds. The zero-order valence-electron chi connectivity index (χ0n) is 36.8. The number of aliphatic hydroxyl groups is 2. The van der Waals surface area contributed by atoms with Crippen LogP contribution in [0.3, 0.4) is 0 Å². The summed E-state index contributed by atoms with van der Waals surface area (Å²) in [7, 11) is -4.61. The first-order valence-corrected chi connectivity index (χ1v) is 25.1. The quantitative estimate of drug-likeness (QED) is 0.0234. The number of phosphoric ester groups is 1. The molecule has 0 radical (unpaired) electrons. The minimum absolute atomic E-state index is 0.189. The summed E-state index contributed by atoms with van der Waals surface area (Å²) >= 11 is 0. The fourth-order valence-electron chi connectivity index (χ4n) is 6.74. The molecule has 3 atom stereocenters. The number of esters is 2. The maximum Gasteiger partial charge on any atom is 0.472 e. The third kappa shape index (κ3) is 42.6. The zero-order chi connectivity index (χ0) is 41.9. The predicted octanol–water partition coefficient (Wildman–Crippen LogP) is 12.8. The Morgan fingerprint density at radius 1 is 0.509 bits per heavy atom. The molecule has 0 aliphatic heterocycles. The Kier molecular flexibility index (Phi) is 41.9. The normalized spacial score (nSPS) is 13.8. The second-order valence-corrected chi connectivity index (χ2v) is 17.6. The average Bonchev–Trinajstić information content (AvgIpc) is 3.20. The Morgan fingerprint density at radius 3 is 1.32 bits per heavy atom. The van der Waals surface area contributed by atoms with Gasteiger partial charge in [-0.15, -0.1) is 0 Å². The molecule has 0 saturated heterocycles. The molecule has 0 aromatic rings. The number of unbranched alkanes of at least 4 members (excludes halogenated alkanes) is 29. The van der Waals surface area contributed by atoms with Crippen molar-refractivity contribution >= 4 is 19.8 Å². The standard InChI is InChI=1S/C46H89O10P/c1-3-5-7-9-11-13-15-16-17-18-19-20-21-22-23-24-25-26-28-30-32-34-36-38-46(50)56-44(42-55-57(51,52)54-40-43(48)39-47)41-53-45(49)37-35-33-31-29-27-14-12-10-8-6-4-2/h10,12,43-44,47-48H,3-9,11,13-42H2,1-2H3,(H,51,52)/b12-10+/t43-,44+/m0/s1. The van der Waals surface area contributed by atoms with Gasteiger partial charge in [0, 0.05) is 12.8 Å². The Balaban J connectivity index is 4.10. The van der Waals surface area contributed by atoms with Crippen LogP contribution in [-0.4, -0.2) is 65.7 Å². The van der Waals surface area contributed by atoms with Gasteiger partial charge in [0.25, 0.3) is 0 Å². The van der Waals surface area contributed by atoms with Gasteiger partial charge in [-0.05, 0) is 32.1 Å². The Labute approximate surface area is 349 Å². The van der Waals surface area contributed by atoms with E-state index in [1.165, 1.54) is 135 Å². The number of hydrogen-bond donors (Lipinski definition) is 3. The summed E-state index contributed by atoms with van der Waals surface area (Å²) < 4.78 is 32.7. The SMILES string of the molecule is CCCC/C=C/CCCCCCCC(=O)OC[C@H](COP(=O)(O)OC[C@@H](O)CO)OC(=O)CCCCCCCCCCCCCCCCCCCCCCCCC. The summed E-state index contributed by atoms with van der Waals surface area (Å²) in [5, 5.41) is 18.3. The summed E-state index contributed by atoms with van der Waals surface area (Å²) in [5.41, 5.74) is 0. The molecule has 1 unspecified atom stereocenters. The molecule has 0 saturated carbocycles.